The smallest absolute Gasteiger partial charge is 0.220 e. The van der Waals surface area contributed by atoms with Crippen molar-refractivity contribution in [2.24, 2.45) is 0 Å². The SMILES string of the molecule is C[C@@H](CO)NC(=O)CCC(=O)c1ccc(F)cc1. The number of carbonyl (C=O) groups is 2. The number of rotatable bonds is 6. The molecule has 0 heterocycles. The Morgan fingerprint density at radius 3 is 2.44 bits per heavy atom. The molecule has 0 aromatic heterocycles. The lowest BCUT2D eigenvalue weighted by Crippen LogP contribution is -2.35. The lowest BCUT2D eigenvalue weighted by Gasteiger charge is -2.10. The zero-order valence-corrected chi connectivity index (χ0v) is 10.1. The lowest BCUT2D eigenvalue weighted by atomic mass is 10.1. The summed E-state index contributed by atoms with van der Waals surface area (Å²) in [5.41, 5.74) is 0.388. The maximum Gasteiger partial charge on any atom is 0.220 e. The molecular weight excluding hydrogens is 237 g/mol. The zero-order chi connectivity index (χ0) is 13.5. The molecule has 1 aromatic carbocycles. The molecule has 18 heavy (non-hydrogen) atoms. The van der Waals surface area contributed by atoms with Crippen LogP contribution >= 0.6 is 0 Å². The third-order valence-corrected chi connectivity index (χ3v) is 2.43. The predicted molar refractivity (Wildman–Crippen MR) is 64.7 cm³/mol. The Kier molecular flexibility index (Phi) is 5.45. The molecule has 1 amide bonds. The highest BCUT2D eigenvalue weighted by molar-refractivity contribution is 5.97. The van der Waals surface area contributed by atoms with E-state index in [1.54, 1.807) is 6.92 Å². The minimum atomic E-state index is -0.402. The topological polar surface area (TPSA) is 66.4 Å². The van der Waals surface area contributed by atoms with Crippen LogP contribution in [0.2, 0.25) is 0 Å². The van der Waals surface area contributed by atoms with E-state index in [-0.39, 0.29) is 37.2 Å². The number of hydrogen-bond acceptors (Lipinski definition) is 3. The van der Waals surface area contributed by atoms with E-state index in [4.69, 9.17) is 5.11 Å². The molecule has 0 radical (unpaired) electrons. The zero-order valence-electron chi connectivity index (χ0n) is 10.1. The maximum atomic E-state index is 12.6. The number of aliphatic hydroxyl groups excluding tert-OH is 1. The summed E-state index contributed by atoms with van der Waals surface area (Å²) in [4.78, 5) is 23.0. The van der Waals surface area contributed by atoms with E-state index in [0.717, 1.165) is 0 Å². The van der Waals surface area contributed by atoms with E-state index >= 15 is 0 Å². The molecular formula is C13H16FNO3. The highest BCUT2D eigenvalue weighted by Gasteiger charge is 2.10. The van der Waals surface area contributed by atoms with E-state index in [0.29, 0.717) is 5.56 Å². The van der Waals surface area contributed by atoms with Crippen molar-refractivity contribution in [2.75, 3.05) is 6.61 Å². The molecule has 5 heteroatoms. The van der Waals surface area contributed by atoms with Gasteiger partial charge < -0.3 is 10.4 Å². The van der Waals surface area contributed by atoms with Crippen molar-refractivity contribution in [3.63, 3.8) is 0 Å². The van der Waals surface area contributed by atoms with Gasteiger partial charge in [-0.25, -0.2) is 4.39 Å². The summed E-state index contributed by atoms with van der Waals surface area (Å²) in [7, 11) is 0. The fraction of sp³-hybridized carbons (Fsp3) is 0.385. The molecule has 0 unspecified atom stereocenters. The molecule has 2 N–H and O–H groups in total. The Morgan fingerprint density at radius 2 is 1.89 bits per heavy atom. The highest BCUT2D eigenvalue weighted by atomic mass is 19.1. The number of halogens is 1. The molecule has 0 saturated carbocycles. The van der Waals surface area contributed by atoms with Gasteiger partial charge in [0.25, 0.3) is 0 Å². The fourth-order valence-electron chi connectivity index (χ4n) is 1.40. The average molecular weight is 253 g/mol. The van der Waals surface area contributed by atoms with E-state index in [2.05, 4.69) is 5.32 Å². The number of amides is 1. The second-order valence-electron chi connectivity index (χ2n) is 4.08. The number of benzene rings is 1. The first kappa shape index (κ1) is 14.3. The van der Waals surface area contributed by atoms with Gasteiger partial charge in [-0.3, -0.25) is 9.59 Å². The Balaban J connectivity index is 2.41. The summed E-state index contributed by atoms with van der Waals surface area (Å²) in [5.74, 6) is -0.894. The molecule has 0 bridgehead atoms. The van der Waals surface area contributed by atoms with Gasteiger partial charge in [0.05, 0.1) is 6.61 Å². The van der Waals surface area contributed by atoms with Gasteiger partial charge in [0.1, 0.15) is 5.82 Å². The molecule has 98 valence electrons. The quantitative estimate of drug-likeness (QED) is 0.751. The van der Waals surface area contributed by atoms with Crippen molar-refractivity contribution < 1.29 is 19.1 Å². The number of hydrogen-bond donors (Lipinski definition) is 2. The summed E-state index contributed by atoms with van der Waals surface area (Å²) >= 11 is 0. The normalized spacial score (nSPS) is 11.9. The van der Waals surface area contributed by atoms with Crippen molar-refractivity contribution in [1.82, 2.24) is 5.32 Å². The standard InChI is InChI=1S/C13H16FNO3/c1-9(8-16)15-13(18)7-6-12(17)10-2-4-11(14)5-3-10/h2-5,9,16H,6-8H2,1H3,(H,15,18)/t9-/m0/s1. The Hall–Kier alpha value is -1.75. The largest absolute Gasteiger partial charge is 0.394 e. The number of nitrogens with one attached hydrogen (secondary N) is 1. The van der Waals surface area contributed by atoms with Crippen molar-refractivity contribution >= 4 is 11.7 Å². The first-order valence-electron chi connectivity index (χ1n) is 5.72. The summed E-state index contributed by atoms with van der Waals surface area (Å²) in [6, 6.07) is 4.89. The molecule has 1 atom stereocenters. The van der Waals surface area contributed by atoms with Gasteiger partial charge in [-0.05, 0) is 31.2 Å². The molecule has 1 aromatic rings. The molecule has 0 spiro atoms. The van der Waals surface area contributed by atoms with Crippen molar-refractivity contribution in [2.45, 2.75) is 25.8 Å². The molecule has 0 saturated heterocycles. The summed E-state index contributed by atoms with van der Waals surface area (Å²) in [6.07, 6.45) is 0.121. The summed E-state index contributed by atoms with van der Waals surface area (Å²) < 4.78 is 12.6. The third-order valence-electron chi connectivity index (χ3n) is 2.43. The van der Waals surface area contributed by atoms with Crippen LogP contribution in [0.3, 0.4) is 0 Å². The molecule has 0 aliphatic heterocycles. The van der Waals surface area contributed by atoms with Crippen LogP contribution < -0.4 is 5.32 Å². The van der Waals surface area contributed by atoms with Crippen LogP contribution in [0.5, 0.6) is 0 Å². The highest BCUT2D eigenvalue weighted by Crippen LogP contribution is 2.07. The molecule has 0 aliphatic carbocycles. The van der Waals surface area contributed by atoms with Crippen LogP contribution in [0, 0.1) is 5.82 Å². The van der Waals surface area contributed by atoms with Gasteiger partial charge in [0, 0.05) is 24.4 Å². The van der Waals surface area contributed by atoms with Gasteiger partial charge >= 0.3 is 0 Å². The third kappa shape index (κ3) is 4.63. The molecule has 0 aliphatic rings. The average Bonchev–Trinajstić information content (AvgIpc) is 2.36. The van der Waals surface area contributed by atoms with E-state index in [1.807, 2.05) is 0 Å². The minimum Gasteiger partial charge on any atom is -0.394 e. The monoisotopic (exact) mass is 253 g/mol. The van der Waals surface area contributed by atoms with Crippen LogP contribution in [-0.2, 0) is 4.79 Å². The van der Waals surface area contributed by atoms with Crippen LogP contribution in [0.15, 0.2) is 24.3 Å². The Labute approximate surface area is 105 Å². The van der Waals surface area contributed by atoms with Crippen molar-refractivity contribution in [3.05, 3.63) is 35.6 Å². The lowest BCUT2D eigenvalue weighted by molar-refractivity contribution is -0.121. The molecule has 1 rings (SSSR count). The van der Waals surface area contributed by atoms with Crippen LogP contribution in [0.25, 0.3) is 0 Å². The second-order valence-corrected chi connectivity index (χ2v) is 4.08. The molecule has 4 nitrogen and oxygen atoms in total. The molecule has 0 fully saturated rings. The van der Waals surface area contributed by atoms with Crippen LogP contribution in [0.1, 0.15) is 30.1 Å². The first-order valence-corrected chi connectivity index (χ1v) is 5.72. The second kappa shape index (κ2) is 6.86. The maximum absolute atomic E-state index is 12.6. The Bertz CT molecular complexity index is 417. The van der Waals surface area contributed by atoms with Crippen LogP contribution in [-0.4, -0.2) is 29.4 Å². The number of carbonyl (C=O) groups excluding carboxylic acids is 2. The van der Waals surface area contributed by atoms with Crippen molar-refractivity contribution in [1.29, 1.82) is 0 Å². The van der Waals surface area contributed by atoms with E-state index in [9.17, 15) is 14.0 Å². The van der Waals surface area contributed by atoms with Gasteiger partial charge in [-0.1, -0.05) is 0 Å². The van der Waals surface area contributed by atoms with Gasteiger partial charge in [0.2, 0.25) is 5.91 Å². The fourth-order valence-corrected chi connectivity index (χ4v) is 1.40. The van der Waals surface area contributed by atoms with Crippen LogP contribution in [0.4, 0.5) is 4.39 Å². The van der Waals surface area contributed by atoms with Crippen molar-refractivity contribution in [3.8, 4) is 0 Å². The predicted octanol–water partition coefficient (Wildman–Crippen LogP) is 1.29. The van der Waals surface area contributed by atoms with E-state index < -0.39 is 5.82 Å². The summed E-state index contributed by atoms with van der Waals surface area (Å²) in [5, 5.41) is 11.3. The van der Waals surface area contributed by atoms with E-state index in [1.165, 1.54) is 24.3 Å². The number of Topliss-reactive ketones (excluding diaryl/α,β-unsaturated/α-hetero) is 1. The first-order chi connectivity index (χ1) is 8.52. The number of ketones is 1. The van der Waals surface area contributed by atoms with Gasteiger partial charge in [-0.15, -0.1) is 0 Å². The van der Waals surface area contributed by atoms with Gasteiger partial charge in [-0.2, -0.15) is 0 Å². The summed E-state index contributed by atoms with van der Waals surface area (Å²) in [6.45, 7) is 1.53. The Morgan fingerprint density at radius 1 is 1.28 bits per heavy atom. The minimum absolute atomic E-state index is 0.0561. The number of aliphatic hydroxyl groups is 1. The van der Waals surface area contributed by atoms with Gasteiger partial charge in [0.15, 0.2) is 5.78 Å².